The van der Waals surface area contributed by atoms with Gasteiger partial charge in [-0.3, -0.25) is 0 Å². The average Bonchev–Trinajstić information content (AvgIpc) is 1.56. The highest BCUT2D eigenvalue weighted by molar-refractivity contribution is 6.24. The van der Waals surface area contributed by atoms with Crippen LogP contribution >= 0.6 is 0 Å². The zero-order valence-corrected chi connectivity index (χ0v) is 58.8. The molecule has 1 aromatic heterocycles. The number of fused-ring (bicyclic) bond motifs is 12. The molecule has 0 bridgehead atoms. The van der Waals surface area contributed by atoms with Gasteiger partial charge in [-0.25, -0.2) is 0 Å². The Labute approximate surface area is 612 Å². The van der Waals surface area contributed by atoms with E-state index < -0.39 is 10.8 Å². The highest BCUT2D eigenvalue weighted by Gasteiger charge is 2.48. The number of para-hydroxylation sites is 2. The molecular weight excluding hydrogens is 1270 g/mol. The third kappa shape index (κ3) is 9.65. The quantitative estimate of drug-likeness (QED) is 0.123. The van der Waals surface area contributed by atoms with E-state index >= 15 is 0 Å². The van der Waals surface area contributed by atoms with E-state index in [1.165, 1.54) is 105 Å². The summed E-state index contributed by atoms with van der Waals surface area (Å²) in [5, 5.41) is 9.39. The summed E-state index contributed by atoms with van der Waals surface area (Å²) in [4.78, 5) is 8.78. The van der Waals surface area contributed by atoms with Crippen LogP contribution in [0.25, 0.3) is 98.6 Å². The van der Waals surface area contributed by atoms with Crippen LogP contribution in [0, 0.1) is 0 Å². The standard InChI is InChI=1S/C102H73N3/c1-100(2,3)71-48-50-77(51-49-71)105(81-53-57-85-83-40-22-25-43-93(83)102(95(85)66-81,74-33-13-6-14-34-74)75-35-15-7-16-36-75)79-55-59-88-90(64-79)98(69-46-45-67-27-19-20-28-68(67)61-69)87-58-54-78(63-91(87)99(88)70-47-60-97-89(62-70)86-41-23-26-44-96(86)103-97)104(76-37-17-8-18-38-76)80-52-56-84-82-39-21-24-42-92(82)101(94(84)65-80,72-29-9-4-10-30-72)73-31-11-5-12-32-73/h4-66,103H,1-3H3. The number of hydrogen-bond acceptors (Lipinski definition) is 2. The maximum absolute atomic E-state index is 3.78. The SMILES string of the molecule is CC(C)(C)c1ccc(N(c2ccc3c(c2)C(c2ccccc2)(c2ccccc2)c2ccccc2-3)c2ccc3c(-c4ccc5[nH]c6ccccc6c5c4)c4cc(N(c5ccccc5)c5ccc6c(c5)C(c5ccccc5)(c5ccccc5)c5ccccc5-6)ccc4c(-c4ccc5ccccc5c4)c3c2)cc1. The molecule has 496 valence electrons. The fourth-order valence-corrected chi connectivity index (χ4v) is 18.2. The second-order valence-corrected chi connectivity index (χ2v) is 29.5. The number of aromatic amines is 1. The van der Waals surface area contributed by atoms with Crippen LogP contribution in [0.15, 0.2) is 382 Å². The van der Waals surface area contributed by atoms with Gasteiger partial charge in [-0.05, 0) is 229 Å². The minimum atomic E-state index is -0.602. The Morgan fingerprint density at radius 2 is 0.619 bits per heavy atom. The van der Waals surface area contributed by atoms with Gasteiger partial charge in [-0.2, -0.15) is 0 Å². The van der Waals surface area contributed by atoms with Gasteiger partial charge in [-0.1, -0.05) is 306 Å². The Kier molecular flexibility index (Phi) is 14.3. The van der Waals surface area contributed by atoms with Crippen molar-refractivity contribution in [3.05, 3.63) is 432 Å². The van der Waals surface area contributed by atoms with Crippen molar-refractivity contribution in [3.8, 4) is 44.5 Å². The van der Waals surface area contributed by atoms with Gasteiger partial charge in [0.1, 0.15) is 0 Å². The van der Waals surface area contributed by atoms with Crippen LogP contribution in [0.3, 0.4) is 0 Å². The van der Waals surface area contributed by atoms with Crippen LogP contribution < -0.4 is 9.80 Å². The Morgan fingerprint density at radius 3 is 1.13 bits per heavy atom. The summed E-state index contributed by atoms with van der Waals surface area (Å²) in [6.07, 6.45) is 0. The molecule has 2 aliphatic carbocycles. The van der Waals surface area contributed by atoms with E-state index in [1.54, 1.807) is 0 Å². The van der Waals surface area contributed by atoms with E-state index in [-0.39, 0.29) is 5.41 Å². The maximum atomic E-state index is 3.78. The highest BCUT2D eigenvalue weighted by atomic mass is 15.1. The molecule has 0 unspecified atom stereocenters. The summed E-state index contributed by atoms with van der Waals surface area (Å²) < 4.78 is 0. The Balaban J connectivity index is 0.867. The number of H-pyrrole nitrogens is 1. The summed E-state index contributed by atoms with van der Waals surface area (Å²) in [5.41, 5.74) is 28.3. The maximum Gasteiger partial charge on any atom is 0.0714 e. The van der Waals surface area contributed by atoms with Crippen molar-refractivity contribution in [2.24, 2.45) is 0 Å². The van der Waals surface area contributed by atoms with E-state index in [0.29, 0.717) is 0 Å². The largest absolute Gasteiger partial charge is 0.355 e. The third-order valence-electron chi connectivity index (χ3n) is 22.8. The molecule has 1 heterocycles. The molecule has 0 fully saturated rings. The van der Waals surface area contributed by atoms with E-state index in [4.69, 9.17) is 0 Å². The average molecular weight is 1340 g/mol. The lowest BCUT2D eigenvalue weighted by molar-refractivity contribution is 0.590. The first kappa shape index (κ1) is 61.8. The Morgan fingerprint density at radius 1 is 0.238 bits per heavy atom. The predicted octanol–water partition coefficient (Wildman–Crippen LogP) is 27.1. The van der Waals surface area contributed by atoms with Crippen molar-refractivity contribution < 1.29 is 0 Å². The molecule has 0 radical (unpaired) electrons. The number of hydrogen-bond donors (Lipinski definition) is 1. The highest BCUT2D eigenvalue weighted by Crippen LogP contribution is 2.60. The summed E-state index contributed by atoms with van der Waals surface area (Å²) >= 11 is 0. The smallest absolute Gasteiger partial charge is 0.0714 e. The minimum Gasteiger partial charge on any atom is -0.355 e. The van der Waals surface area contributed by atoms with E-state index in [1.807, 2.05) is 0 Å². The number of rotatable bonds is 12. The lowest BCUT2D eigenvalue weighted by Gasteiger charge is -2.35. The number of nitrogens with zero attached hydrogens (tertiary/aromatic N) is 2. The molecule has 3 heteroatoms. The van der Waals surface area contributed by atoms with Gasteiger partial charge in [0, 0.05) is 55.9 Å². The van der Waals surface area contributed by atoms with Crippen molar-refractivity contribution in [2.45, 2.75) is 37.0 Å². The molecule has 0 spiro atoms. The summed E-state index contributed by atoms with van der Waals surface area (Å²) in [7, 11) is 0. The number of benzene rings is 17. The molecule has 0 amide bonds. The molecule has 20 rings (SSSR count). The van der Waals surface area contributed by atoms with Crippen LogP contribution in [-0.2, 0) is 16.2 Å². The lowest BCUT2D eigenvalue weighted by Crippen LogP contribution is -2.28. The van der Waals surface area contributed by atoms with Gasteiger partial charge < -0.3 is 14.8 Å². The van der Waals surface area contributed by atoms with Crippen molar-refractivity contribution in [1.82, 2.24) is 4.98 Å². The second kappa shape index (κ2) is 24.3. The van der Waals surface area contributed by atoms with Gasteiger partial charge in [0.2, 0.25) is 0 Å². The van der Waals surface area contributed by atoms with Gasteiger partial charge in [-0.15, -0.1) is 0 Å². The molecular formula is C102H73N3. The van der Waals surface area contributed by atoms with Gasteiger partial charge in [0.05, 0.1) is 10.8 Å². The normalized spacial score (nSPS) is 13.2. The van der Waals surface area contributed by atoms with Gasteiger partial charge in [0.25, 0.3) is 0 Å². The zero-order chi connectivity index (χ0) is 70.0. The lowest BCUT2D eigenvalue weighted by atomic mass is 9.67. The summed E-state index contributed by atoms with van der Waals surface area (Å²) in [6.45, 7) is 6.91. The predicted molar refractivity (Wildman–Crippen MR) is 442 cm³/mol. The van der Waals surface area contributed by atoms with Gasteiger partial charge >= 0.3 is 0 Å². The molecule has 18 aromatic rings. The first-order valence-electron chi connectivity index (χ1n) is 36.7. The van der Waals surface area contributed by atoms with E-state index in [9.17, 15) is 0 Å². The van der Waals surface area contributed by atoms with E-state index in [0.717, 1.165) is 77.8 Å². The third-order valence-corrected chi connectivity index (χ3v) is 22.8. The van der Waals surface area contributed by atoms with Crippen molar-refractivity contribution in [1.29, 1.82) is 0 Å². The molecule has 0 saturated heterocycles. The number of aromatic nitrogens is 1. The summed E-state index contributed by atoms with van der Waals surface area (Å²) in [5.74, 6) is 0. The molecule has 0 saturated carbocycles. The molecule has 17 aromatic carbocycles. The van der Waals surface area contributed by atoms with Crippen LogP contribution in [0.4, 0.5) is 34.1 Å². The number of anilines is 6. The molecule has 1 N–H and O–H groups in total. The van der Waals surface area contributed by atoms with Gasteiger partial charge in [0.15, 0.2) is 0 Å². The molecule has 0 atom stereocenters. The Hall–Kier alpha value is -13.1. The topological polar surface area (TPSA) is 22.3 Å². The first-order chi connectivity index (χ1) is 51.7. The first-order valence-corrected chi connectivity index (χ1v) is 36.7. The van der Waals surface area contributed by atoms with Crippen LogP contribution in [0.5, 0.6) is 0 Å². The van der Waals surface area contributed by atoms with Crippen molar-refractivity contribution in [3.63, 3.8) is 0 Å². The van der Waals surface area contributed by atoms with Crippen LogP contribution in [-0.4, -0.2) is 4.98 Å². The number of nitrogens with one attached hydrogen (secondary N) is 1. The van der Waals surface area contributed by atoms with E-state index in [2.05, 4.69) is 418 Å². The fraction of sp³-hybridized carbons (Fsp3) is 0.0588. The monoisotopic (exact) mass is 1340 g/mol. The van der Waals surface area contributed by atoms with Crippen LogP contribution in [0.2, 0.25) is 0 Å². The zero-order valence-electron chi connectivity index (χ0n) is 58.8. The molecule has 105 heavy (non-hydrogen) atoms. The Bertz CT molecular complexity index is 6350. The molecule has 2 aliphatic rings. The minimum absolute atomic E-state index is 0.0547. The second-order valence-electron chi connectivity index (χ2n) is 29.5. The van der Waals surface area contributed by atoms with Crippen molar-refractivity contribution >= 4 is 88.2 Å². The van der Waals surface area contributed by atoms with Crippen LogP contribution in [0.1, 0.15) is 70.8 Å². The van der Waals surface area contributed by atoms with Crippen molar-refractivity contribution in [2.75, 3.05) is 9.80 Å². The molecule has 0 aliphatic heterocycles. The fourth-order valence-electron chi connectivity index (χ4n) is 18.2. The molecule has 3 nitrogen and oxygen atoms in total. The summed E-state index contributed by atoms with van der Waals surface area (Å²) in [6, 6.07) is 144.